The summed E-state index contributed by atoms with van der Waals surface area (Å²) >= 11 is 0. The average molecular weight is 1100 g/mol. The van der Waals surface area contributed by atoms with Gasteiger partial charge in [0, 0.05) is 19.3 Å². The van der Waals surface area contributed by atoms with E-state index >= 15 is 0 Å². The fourth-order valence-electron chi connectivity index (χ4n) is 9.28. The highest BCUT2D eigenvalue weighted by atomic mass is 16.6. The van der Waals surface area contributed by atoms with Crippen LogP contribution in [-0.2, 0) is 28.6 Å². The Morgan fingerprint density at radius 1 is 0.266 bits per heavy atom. The molecule has 0 saturated carbocycles. The maximum absolute atomic E-state index is 12.9. The largest absolute Gasteiger partial charge is 0.462 e. The zero-order chi connectivity index (χ0) is 57.1. The molecule has 6 nitrogen and oxygen atoms in total. The molecular weight excluding hydrogens is 973 g/mol. The number of allylic oxidation sites excluding steroid dienone is 18. The van der Waals surface area contributed by atoms with Crippen molar-refractivity contribution in [2.75, 3.05) is 13.2 Å². The lowest BCUT2D eigenvalue weighted by molar-refractivity contribution is -0.167. The van der Waals surface area contributed by atoms with E-state index in [0.29, 0.717) is 19.3 Å². The first-order chi connectivity index (χ1) is 39.0. The molecule has 0 N–H and O–H groups in total. The fourth-order valence-corrected chi connectivity index (χ4v) is 9.28. The third kappa shape index (κ3) is 64.8. The van der Waals surface area contributed by atoms with E-state index in [1.807, 2.05) is 0 Å². The Labute approximate surface area is 489 Å². The highest BCUT2D eigenvalue weighted by Crippen LogP contribution is 2.16. The van der Waals surface area contributed by atoms with Crippen molar-refractivity contribution >= 4 is 17.9 Å². The van der Waals surface area contributed by atoms with E-state index in [2.05, 4.69) is 130 Å². The Bertz CT molecular complexity index is 1590. The molecule has 0 aromatic heterocycles. The molecule has 0 bridgehead atoms. The van der Waals surface area contributed by atoms with Crippen LogP contribution in [0.1, 0.15) is 316 Å². The summed E-state index contributed by atoms with van der Waals surface area (Å²) in [6, 6.07) is 0. The number of rotatable bonds is 60. The molecule has 0 radical (unpaired) electrons. The molecule has 0 aromatic carbocycles. The van der Waals surface area contributed by atoms with Gasteiger partial charge < -0.3 is 14.2 Å². The van der Waals surface area contributed by atoms with Crippen molar-refractivity contribution in [3.8, 4) is 0 Å². The Morgan fingerprint density at radius 2 is 0.494 bits per heavy atom. The molecule has 0 fully saturated rings. The van der Waals surface area contributed by atoms with Crippen LogP contribution in [0.4, 0.5) is 0 Å². The van der Waals surface area contributed by atoms with Gasteiger partial charge in [0.05, 0.1) is 0 Å². The summed E-state index contributed by atoms with van der Waals surface area (Å²) in [7, 11) is 0. The maximum atomic E-state index is 12.9. The molecule has 0 heterocycles. The van der Waals surface area contributed by atoms with Gasteiger partial charge in [-0.3, -0.25) is 14.4 Å². The number of hydrogen-bond acceptors (Lipinski definition) is 6. The highest BCUT2D eigenvalue weighted by molar-refractivity contribution is 5.71. The number of unbranched alkanes of at least 4 members (excludes halogenated alkanes) is 31. The van der Waals surface area contributed by atoms with Crippen LogP contribution >= 0.6 is 0 Å². The summed E-state index contributed by atoms with van der Waals surface area (Å²) < 4.78 is 16.9. The molecule has 0 saturated heterocycles. The summed E-state index contributed by atoms with van der Waals surface area (Å²) in [6.07, 6.45) is 90.9. The van der Waals surface area contributed by atoms with E-state index < -0.39 is 6.10 Å². The van der Waals surface area contributed by atoms with Gasteiger partial charge in [0.15, 0.2) is 6.10 Å². The van der Waals surface area contributed by atoms with Crippen molar-refractivity contribution in [2.24, 2.45) is 0 Å². The minimum Gasteiger partial charge on any atom is -0.462 e. The summed E-state index contributed by atoms with van der Waals surface area (Å²) in [5, 5.41) is 0. The number of ether oxygens (including phenoxy) is 3. The molecule has 0 aliphatic rings. The maximum Gasteiger partial charge on any atom is 0.306 e. The Balaban J connectivity index is 4.42. The van der Waals surface area contributed by atoms with E-state index in [-0.39, 0.29) is 31.1 Å². The fraction of sp³-hybridized carbons (Fsp3) is 0.712. The number of carbonyl (C=O) groups is 3. The van der Waals surface area contributed by atoms with Crippen molar-refractivity contribution in [2.45, 2.75) is 322 Å². The normalized spacial score (nSPS) is 12.8. The Hall–Kier alpha value is -3.93. The van der Waals surface area contributed by atoms with Gasteiger partial charge in [0.2, 0.25) is 0 Å². The zero-order valence-electron chi connectivity index (χ0n) is 51.9. The minimum atomic E-state index is -0.794. The molecule has 6 heteroatoms. The van der Waals surface area contributed by atoms with Gasteiger partial charge in [0.1, 0.15) is 13.2 Å². The summed E-state index contributed by atoms with van der Waals surface area (Å²) in [4.78, 5) is 38.4. The quantitative estimate of drug-likeness (QED) is 0.0261. The SMILES string of the molecule is CC/C=C\C/C=C\C/C=C\C/C=C\C/C=C\C/C=C\CCCCCCCCC(=O)OCC(COC(=O)CCCCCCCCCCCCCCCCC)OC(=O)CCCCCCCC/C=C\C/C=C\C/C=C\CCCCCCC. The molecule has 0 amide bonds. The average Bonchev–Trinajstić information content (AvgIpc) is 3.45. The first kappa shape index (κ1) is 75.1. The van der Waals surface area contributed by atoms with Gasteiger partial charge in [-0.1, -0.05) is 297 Å². The minimum absolute atomic E-state index is 0.0868. The van der Waals surface area contributed by atoms with Crippen LogP contribution in [0, 0.1) is 0 Å². The van der Waals surface area contributed by atoms with Crippen LogP contribution in [0.5, 0.6) is 0 Å². The standard InChI is InChI=1S/C73H124O6/c1-4-7-10-13-16-19-22-25-28-30-32-34-35-36-37-39-40-42-45-48-51-54-57-60-63-66-72(75)78-69-70(68-77-71(74)65-62-59-56-53-50-47-44-27-24-21-18-15-12-9-6-3)79-73(76)67-64-61-58-55-52-49-46-43-41-38-33-31-29-26-23-20-17-14-11-8-5-2/h7,10,16,19,23,25-26,28,31-34,36-37,40-43,70H,4-6,8-9,11-15,17-18,20-22,24,27,29-30,35,38-39,44-69H2,1-3H3/b10-7-,19-16-,26-23-,28-25-,33-31-,34-32-,37-36-,42-40-,43-41-. The van der Waals surface area contributed by atoms with Crippen LogP contribution in [0.25, 0.3) is 0 Å². The van der Waals surface area contributed by atoms with Crippen LogP contribution < -0.4 is 0 Å². The van der Waals surface area contributed by atoms with Crippen LogP contribution in [-0.4, -0.2) is 37.2 Å². The molecule has 452 valence electrons. The molecule has 1 unspecified atom stereocenters. The van der Waals surface area contributed by atoms with Gasteiger partial charge >= 0.3 is 17.9 Å². The summed E-state index contributed by atoms with van der Waals surface area (Å²) in [6.45, 7) is 6.52. The number of carbonyl (C=O) groups excluding carboxylic acids is 3. The van der Waals surface area contributed by atoms with Crippen molar-refractivity contribution in [3.05, 3.63) is 109 Å². The summed E-state index contributed by atoms with van der Waals surface area (Å²) in [5.74, 6) is -0.903. The van der Waals surface area contributed by atoms with E-state index in [1.165, 1.54) is 141 Å². The van der Waals surface area contributed by atoms with E-state index in [1.54, 1.807) is 0 Å². The molecule has 79 heavy (non-hydrogen) atoms. The first-order valence-electron chi connectivity index (χ1n) is 33.4. The molecule has 0 aliphatic carbocycles. The summed E-state index contributed by atoms with van der Waals surface area (Å²) in [5.41, 5.74) is 0. The van der Waals surface area contributed by atoms with Crippen LogP contribution in [0.2, 0.25) is 0 Å². The molecule has 0 spiro atoms. The lowest BCUT2D eigenvalue weighted by atomic mass is 10.0. The molecule has 1 atom stereocenters. The predicted octanol–water partition coefficient (Wildman–Crippen LogP) is 23.0. The molecule has 0 aromatic rings. The van der Waals surface area contributed by atoms with Gasteiger partial charge in [0.25, 0.3) is 0 Å². The monoisotopic (exact) mass is 1100 g/mol. The third-order valence-electron chi connectivity index (χ3n) is 14.3. The second kappa shape index (κ2) is 66.6. The zero-order valence-corrected chi connectivity index (χ0v) is 51.9. The Morgan fingerprint density at radius 3 is 0.772 bits per heavy atom. The van der Waals surface area contributed by atoms with Crippen molar-refractivity contribution in [3.63, 3.8) is 0 Å². The van der Waals surface area contributed by atoms with Crippen molar-refractivity contribution in [1.82, 2.24) is 0 Å². The topological polar surface area (TPSA) is 78.9 Å². The smallest absolute Gasteiger partial charge is 0.306 e. The second-order valence-corrected chi connectivity index (χ2v) is 22.0. The third-order valence-corrected chi connectivity index (χ3v) is 14.3. The van der Waals surface area contributed by atoms with Crippen LogP contribution in [0.15, 0.2) is 109 Å². The van der Waals surface area contributed by atoms with Gasteiger partial charge in [-0.15, -0.1) is 0 Å². The Kier molecular flexibility index (Phi) is 63.3. The highest BCUT2D eigenvalue weighted by Gasteiger charge is 2.19. The molecule has 0 aliphatic heterocycles. The van der Waals surface area contributed by atoms with Gasteiger partial charge in [-0.05, 0) is 109 Å². The predicted molar refractivity (Wildman–Crippen MR) is 343 cm³/mol. The first-order valence-corrected chi connectivity index (χ1v) is 33.4. The second-order valence-electron chi connectivity index (χ2n) is 22.0. The molecular formula is C73H124O6. The number of hydrogen-bond donors (Lipinski definition) is 0. The molecule has 0 rings (SSSR count). The van der Waals surface area contributed by atoms with E-state index in [9.17, 15) is 14.4 Å². The lowest BCUT2D eigenvalue weighted by Crippen LogP contribution is -2.30. The van der Waals surface area contributed by atoms with Crippen molar-refractivity contribution in [1.29, 1.82) is 0 Å². The van der Waals surface area contributed by atoms with Gasteiger partial charge in [-0.2, -0.15) is 0 Å². The van der Waals surface area contributed by atoms with Crippen LogP contribution in [0.3, 0.4) is 0 Å². The number of esters is 3. The lowest BCUT2D eigenvalue weighted by Gasteiger charge is -2.18. The van der Waals surface area contributed by atoms with Crippen molar-refractivity contribution < 1.29 is 28.6 Å². The van der Waals surface area contributed by atoms with E-state index in [4.69, 9.17) is 14.2 Å². The van der Waals surface area contributed by atoms with E-state index in [0.717, 1.165) is 135 Å². The van der Waals surface area contributed by atoms with Gasteiger partial charge in [-0.25, -0.2) is 0 Å².